The van der Waals surface area contributed by atoms with Gasteiger partial charge in [-0.15, -0.1) is 0 Å². The van der Waals surface area contributed by atoms with Gasteiger partial charge in [0.05, 0.1) is 11.6 Å². The maximum atomic E-state index is 13.6. The van der Waals surface area contributed by atoms with Gasteiger partial charge in [0.25, 0.3) is 0 Å². The van der Waals surface area contributed by atoms with Crippen LogP contribution in [-0.4, -0.2) is 28.6 Å². The summed E-state index contributed by atoms with van der Waals surface area (Å²) in [5.74, 6) is -1.43. The van der Waals surface area contributed by atoms with Gasteiger partial charge in [-0.3, -0.25) is 9.69 Å². The maximum absolute atomic E-state index is 13.6. The Labute approximate surface area is 105 Å². The number of nitriles is 1. The SMILES string of the molecule is CN(Cc1cc(C#N)ccc1F)C(C)(C)C(=O)O. The van der Waals surface area contributed by atoms with Gasteiger partial charge >= 0.3 is 5.97 Å². The molecule has 1 rings (SSSR count). The second kappa shape index (κ2) is 5.15. The van der Waals surface area contributed by atoms with Crippen molar-refractivity contribution in [2.24, 2.45) is 0 Å². The Balaban J connectivity index is 2.98. The number of hydrogen-bond acceptors (Lipinski definition) is 3. The molecule has 0 fully saturated rings. The summed E-state index contributed by atoms with van der Waals surface area (Å²) in [6.07, 6.45) is 0. The van der Waals surface area contributed by atoms with Crippen LogP contribution in [0.25, 0.3) is 0 Å². The predicted octanol–water partition coefficient (Wildman–Crippen LogP) is 1.99. The molecule has 0 spiro atoms. The molecule has 5 heteroatoms. The van der Waals surface area contributed by atoms with Gasteiger partial charge in [-0.1, -0.05) is 0 Å². The molecule has 1 N–H and O–H groups in total. The summed E-state index contributed by atoms with van der Waals surface area (Å²) < 4.78 is 13.6. The highest BCUT2D eigenvalue weighted by molar-refractivity contribution is 5.77. The first-order chi connectivity index (χ1) is 8.28. The van der Waals surface area contributed by atoms with E-state index in [0.29, 0.717) is 11.1 Å². The Morgan fingerprint density at radius 2 is 2.17 bits per heavy atom. The number of hydrogen-bond donors (Lipinski definition) is 1. The first kappa shape index (κ1) is 14.1. The lowest BCUT2D eigenvalue weighted by Crippen LogP contribution is -2.47. The second-order valence-electron chi connectivity index (χ2n) is 4.64. The fraction of sp³-hybridized carbons (Fsp3) is 0.385. The van der Waals surface area contributed by atoms with E-state index in [1.54, 1.807) is 20.9 Å². The Hall–Kier alpha value is -1.93. The van der Waals surface area contributed by atoms with Crippen LogP contribution < -0.4 is 0 Å². The molecule has 0 aliphatic heterocycles. The third-order valence-electron chi connectivity index (χ3n) is 3.06. The molecule has 0 aromatic heterocycles. The third kappa shape index (κ3) is 2.84. The molecule has 0 bridgehead atoms. The minimum atomic E-state index is -1.10. The highest BCUT2D eigenvalue weighted by atomic mass is 19.1. The van der Waals surface area contributed by atoms with Crippen LogP contribution in [0.15, 0.2) is 18.2 Å². The summed E-state index contributed by atoms with van der Waals surface area (Å²) in [6, 6.07) is 5.97. The van der Waals surface area contributed by atoms with E-state index in [0.717, 1.165) is 0 Å². The van der Waals surface area contributed by atoms with Crippen LogP contribution >= 0.6 is 0 Å². The first-order valence-corrected chi connectivity index (χ1v) is 5.42. The number of halogens is 1. The van der Waals surface area contributed by atoms with Crippen LogP contribution in [-0.2, 0) is 11.3 Å². The largest absolute Gasteiger partial charge is 0.480 e. The number of carbonyl (C=O) groups is 1. The van der Waals surface area contributed by atoms with Gasteiger partial charge in [-0.25, -0.2) is 4.39 Å². The summed E-state index contributed by atoms with van der Waals surface area (Å²) in [6.45, 7) is 3.21. The molecule has 4 nitrogen and oxygen atoms in total. The van der Waals surface area contributed by atoms with Gasteiger partial charge in [0.1, 0.15) is 11.4 Å². The molecule has 0 aliphatic carbocycles. The van der Waals surface area contributed by atoms with Gasteiger partial charge < -0.3 is 5.11 Å². The zero-order chi connectivity index (χ0) is 13.9. The standard InChI is InChI=1S/C13H15FN2O2/c1-13(2,12(17)18)16(3)8-10-6-9(7-15)4-5-11(10)14/h4-6H,8H2,1-3H3,(H,17,18). The van der Waals surface area contributed by atoms with Crippen molar-refractivity contribution < 1.29 is 14.3 Å². The number of carboxylic acids is 1. The second-order valence-corrected chi connectivity index (χ2v) is 4.64. The minimum Gasteiger partial charge on any atom is -0.480 e. The lowest BCUT2D eigenvalue weighted by Gasteiger charge is -2.31. The van der Waals surface area contributed by atoms with Gasteiger partial charge in [-0.2, -0.15) is 5.26 Å². The summed E-state index contributed by atoms with van der Waals surface area (Å²) in [5, 5.41) is 17.8. The molecule has 1 aromatic rings. The van der Waals surface area contributed by atoms with Crippen LogP contribution in [0, 0.1) is 17.1 Å². The van der Waals surface area contributed by atoms with Crippen LogP contribution in [0.4, 0.5) is 4.39 Å². The summed E-state index contributed by atoms with van der Waals surface area (Å²) >= 11 is 0. The molecular formula is C13H15FN2O2. The molecule has 18 heavy (non-hydrogen) atoms. The van der Waals surface area contributed by atoms with E-state index >= 15 is 0 Å². The molecule has 0 unspecified atom stereocenters. The summed E-state index contributed by atoms with van der Waals surface area (Å²) in [4.78, 5) is 12.6. The summed E-state index contributed by atoms with van der Waals surface area (Å²) in [7, 11) is 1.60. The van der Waals surface area contributed by atoms with E-state index in [-0.39, 0.29) is 6.54 Å². The van der Waals surface area contributed by atoms with Crippen molar-refractivity contribution in [3.8, 4) is 6.07 Å². The van der Waals surface area contributed by atoms with Gasteiger partial charge in [0.2, 0.25) is 0 Å². The minimum absolute atomic E-state index is 0.126. The zero-order valence-electron chi connectivity index (χ0n) is 10.6. The fourth-order valence-corrected chi connectivity index (χ4v) is 1.38. The summed E-state index contributed by atoms with van der Waals surface area (Å²) in [5.41, 5.74) is -0.437. The van der Waals surface area contributed by atoms with Crippen molar-refractivity contribution in [2.75, 3.05) is 7.05 Å². The molecule has 0 heterocycles. The molecule has 1 aromatic carbocycles. The number of rotatable bonds is 4. The van der Waals surface area contributed by atoms with E-state index in [1.807, 2.05) is 6.07 Å². The monoisotopic (exact) mass is 250 g/mol. The third-order valence-corrected chi connectivity index (χ3v) is 3.06. The molecule has 96 valence electrons. The topological polar surface area (TPSA) is 64.3 Å². The molecule has 0 aliphatic rings. The van der Waals surface area contributed by atoms with Crippen LogP contribution in [0.5, 0.6) is 0 Å². The number of benzene rings is 1. The molecule has 0 saturated heterocycles. The normalized spacial score (nSPS) is 11.3. The first-order valence-electron chi connectivity index (χ1n) is 5.42. The number of carboxylic acid groups (broad SMARTS) is 1. The van der Waals surface area contributed by atoms with E-state index < -0.39 is 17.3 Å². The Kier molecular flexibility index (Phi) is 4.04. The lowest BCUT2D eigenvalue weighted by molar-refractivity contribution is -0.148. The quantitative estimate of drug-likeness (QED) is 0.887. The predicted molar refractivity (Wildman–Crippen MR) is 64.3 cm³/mol. The average molecular weight is 250 g/mol. The molecular weight excluding hydrogens is 235 g/mol. The van der Waals surface area contributed by atoms with E-state index in [9.17, 15) is 9.18 Å². The van der Waals surface area contributed by atoms with Crippen molar-refractivity contribution in [1.29, 1.82) is 5.26 Å². The number of nitrogens with zero attached hydrogens (tertiary/aromatic N) is 2. The van der Waals surface area contributed by atoms with Crippen LogP contribution in [0.1, 0.15) is 25.0 Å². The Morgan fingerprint density at radius 3 is 2.67 bits per heavy atom. The Morgan fingerprint density at radius 1 is 1.56 bits per heavy atom. The molecule has 0 radical (unpaired) electrons. The average Bonchev–Trinajstić information content (AvgIpc) is 2.31. The van der Waals surface area contributed by atoms with E-state index in [1.165, 1.54) is 23.1 Å². The van der Waals surface area contributed by atoms with Crippen molar-refractivity contribution in [2.45, 2.75) is 25.9 Å². The fourth-order valence-electron chi connectivity index (χ4n) is 1.38. The highest BCUT2D eigenvalue weighted by Crippen LogP contribution is 2.18. The van der Waals surface area contributed by atoms with Crippen LogP contribution in [0.2, 0.25) is 0 Å². The number of likely N-dealkylation sites (N-methyl/N-ethyl adjacent to an activating group) is 1. The van der Waals surface area contributed by atoms with Gasteiger partial charge in [0, 0.05) is 12.1 Å². The van der Waals surface area contributed by atoms with E-state index in [4.69, 9.17) is 10.4 Å². The lowest BCUT2D eigenvalue weighted by atomic mass is 10.0. The van der Waals surface area contributed by atoms with Gasteiger partial charge in [0.15, 0.2) is 0 Å². The van der Waals surface area contributed by atoms with Gasteiger partial charge in [-0.05, 0) is 39.1 Å². The maximum Gasteiger partial charge on any atom is 0.323 e. The Bertz CT molecular complexity index is 506. The van der Waals surface area contributed by atoms with Crippen molar-refractivity contribution >= 4 is 5.97 Å². The van der Waals surface area contributed by atoms with Crippen molar-refractivity contribution in [1.82, 2.24) is 4.90 Å². The molecule has 0 atom stereocenters. The van der Waals surface area contributed by atoms with Crippen molar-refractivity contribution in [3.05, 3.63) is 35.1 Å². The smallest absolute Gasteiger partial charge is 0.323 e. The van der Waals surface area contributed by atoms with Crippen molar-refractivity contribution in [3.63, 3.8) is 0 Å². The highest BCUT2D eigenvalue weighted by Gasteiger charge is 2.32. The molecule has 0 amide bonds. The van der Waals surface area contributed by atoms with Crippen LogP contribution in [0.3, 0.4) is 0 Å². The van der Waals surface area contributed by atoms with E-state index in [2.05, 4.69) is 0 Å². The number of aliphatic carboxylic acids is 1. The zero-order valence-corrected chi connectivity index (χ0v) is 10.6. The molecule has 0 saturated carbocycles.